The van der Waals surface area contributed by atoms with Crippen molar-refractivity contribution in [1.29, 1.82) is 0 Å². The second-order valence-electron chi connectivity index (χ2n) is 5.83. The summed E-state index contributed by atoms with van der Waals surface area (Å²) in [6, 6.07) is 14.0. The molecule has 0 fully saturated rings. The zero-order valence-corrected chi connectivity index (χ0v) is 16.1. The second kappa shape index (κ2) is 9.11. The average molecular weight is 417 g/mol. The van der Waals surface area contributed by atoms with Gasteiger partial charge >= 0.3 is 0 Å². The molecule has 3 rings (SSSR count). The van der Waals surface area contributed by atoms with Crippen LogP contribution in [0.5, 0.6) is 11.5 Å². The predicted octanol–water partition coefficient (Wildman–Crippen LogP) is 5.07. The average Bonchev–Trinajstić information content (AvgIpc) is 3.18. The number of nitrogens with one attached hydrogen (secondary N) is 1. The SMILES string of the molecule is CCOc1ccc(OCc2ccc(C(=O)Nc3cc([N+](=O)[O-])ccc3Cl)o2)cc1. The molecule has 0 aliphatic heterocycles. The lowest BCUT2D eigenvalue weighted by Crippen LogP contribution is -2.11. The lowest BCUT2D eigenvalue weighted by atomic mass is 10.2. The summed E-state index contributed by atoms with van der Waals surface area (Å²) in [5.41, 5.74) is -0.0666. The van der Waals surface area contributed by atoms with Crippen molar-refractivity contribution in [3.05, 3.63) is 81.3 Å². The molecular formula is C20H17ClN2O6. The standard InChI is InChI=1S/C20H17ClN2O6/c1-2-27-14-4-6-15(7-5-14)28-12-16-8-10-19(29-16)20(24)22-18-11-13(23(25)26)3-9-17(18)21/h3-11H,2,12H2,1H3,(H,22,24). The number of amides is 1. The smallest absolute Gasteiger partial charge is 0.291 e. The lowest BCUT2D eigenvalue weighted by Gasteiger charge is -2.07. The molecule has 0 radical (unpaired) electrons. The van der Waals surface area contributed by atoms with Crippen molar-refractivity contribution in [3.63, 3.8) is 0 Å². The van der Waals surface area contributed by atoms with Crippen LogP contribution >= 0.6 is 11.6 Å². The zero-order chi connectivity index (χ0) is 20.8. The van der Waals surface area contributed by atoms with E-state index in [1.807, 2.05) is 6.92 Å². The molecule has 2 aromatic carbocycles. The maximum absolute atomic E-state index is 12.3. The second-order valence-corrected chi connectivity index (χ2v) is 6.24. The lowest BCUT2D eigenvalue weighted by molar-refractivity contribution is -0.384. The summed E-state index contributed by atoms with van der Waals surface area (Å²) in [5, 5.41) is 13.6. The van der Waals surface area contributed by atoms with Gasteiger partial charge in [0, 0.05) is 12.1 Å². The highest BCUT2D eigenvalue weighted by Gasteiger charge is 2.16. The molecule has 1 aromatic heterocycles. The molecule has 0 saturated heterocycles. The summed E-state index contributed by atoms with van der Waals surface area (Å²) in [7, 11) is 0. The molecule has 9 heteroatoms. The molecule has 0 saturated carbocycles. The molecule has 1 heterocycles. The normalized spacial score (nSPS) is 10.4. The first kappa shape index (κ1) is 20.2. The molecule has 8 nitrogen and oxygen atoms in total. The van der Waals surface area contributed by atoms with Gasteiger partial charge in [-0.2, -0.15) is 0 Å². The van der Waals surface area contributed by atoms with Gasteiger partial charge in [0.15, 0.2) is 5.76 Å². The van der Waals surface area contributed by atoms with E-state index in [1.165, 1.54) is 24.3 Å². The summed E-state index contributed by atoms with van der Waals surface area (Å²) in [4.78, 5) is 22.6. The number of nitrogens with zero attached hydrogens (tertiary/aromatic N) is 1. The molecule has 1 amide bonds. The molecule has 0 bridgehead atoms. The minimum Gasteiger partial charge on any atom is -0.494 e. The fourth-order valence-electron chi connectivity index (χ4n) is 2.44. The molecule has 150 valence electrons. The van der Waals surface area contributed by atoms with E-state index < -0.39 is 10.8 Å². The Kier molecular flexibility index (Phi) is 6.36. The number of hydrogen-bond acceptors (Lipinski definition) is 6. The number of hydrogen-bond donors (Lipinski definition) is 1. The molecule has 0 atom stereocenters. The summed E-state index contributed by atoms with van der Waals surface area (Å²) >= 11 is 5.99. The fraction of sp³-hybridized carbons (Fsp3) is 0.150. The Labute approximate surface area is 171 Å². The Bertz CT molecular complexity index is 1020. The van der Waals surface area contributed by atoms with Gasteiger partial charge < -0.3 is 19.2 Å². The van der Waals surface area contributed by atoms with Crippen molar-refractivity contribution in [2.75, 3.05) is 11.9 Å². The number of rotatable bonds is 8. The number of anilines is 1. The molecular weight excluding hydrogens is 400 g/mol. The van der Waals surface area contributed by atoms with Crippen LogP contribution in [0.2, 0.25) is 5.02 Å². The topological polar surface area (TPSA) is 104 Å². The predicted molar refractivity (Wildman–Crippen MR) is 107 cm³/mol. The van der Waals surface area contributed by atoms with Crippen LogP contribution in [0, 0.1) is 10.1 Å². The third-order valence-electron chi connectivity index (χ3n) is 3.81. The minimum absolute atomic E-state index is 0.0258. The number of nitro benzene ring substituents is 1. The molecule has 0 aliphatic rings. The summed E-state index contributed by atoms with van der Waals surface area (Å²) in [5.74, 6) is 1.25. The van der Waals surface area contributed by atoms with Crippen molar-refractivity contribution in [3.8, 4) is 11.5 Å². The van der Waals surface area contributed by atoms with E-state index in [1.54, 1.807) is 30.3 Å². The molecule has 0 unspecified atom stereocenters. The van der Waals surface area contributed by atoms with Crippen LogP contribution in [0.25, 0.3) is 0 Å². The van der Waals surface area contributed by atoms with Gasteiger partial charge in [0.25, 0.3) is 11.6 Å². The van der Waals surface area contributed by atoms with E-state index in [2.05, 4.69) is 5.32 Å². The first-order valence-electron chi connectivity index (χ1n) is 8.66. The number of non-ortho nitro benzene ring substituents is 1. The first-order valence-corrected chi connectivity index (χ1v) is 9.03. The number of carbonyl (C=O) groups excluding carboxylic acids is 1. The van der Waals surface area contributed by atoms with Crippen LogP contribution in [-0.2, 0) is 6.61 Å². The largest absolute Gasteiger partial charge is 0.494 e. The number of halogens is 1. The van der Waals surface area contributed by atoms with Crippen LogP contribution in [0.4, 0.5) is 11.4 Å². The van der Waals surface area contributed by atoms with Crippen LogP contribution in [0.1, 0.15) is 23.2 Å². The van der Waals surface area contributed by atoms with E-state index in [-0.39, 0.29) is 28.8 Å². The summed E-state index contributed by atoms with van der Waals surface area (Å²) < 4.78 is 16.5. The van der Waals surface area contributed by atoms with Gasteiger partial charge in [0.2, 0.25) is 0 Å². The van der Waals surface area contributed by atoms with Gasteiger partial charge in [-0.05, 0) is 49.4 Å². The van der Waals surface area contributed by atoms with Crippen LogP contribution < -0.4 is 14.8 Å². The Morgan fingerprint density at radius 3 is 2.45 bits per heavy atom. The van der Waals surface area contributed by atoms with Crippen LogP contribution in [0.15, 0.2) is 59.0 Å². The third-order valence-corrected chi connectivity index (χ3v) is 4.14. The Morgan fingerprint density at radius 2 is 1.79 bits per heavy atom. The van der Waals surface area contributed by atoms with Crippen molar-refractivity contribution < 1.29 is 23.6 Å². The molecule has 1 N–H and O–H groups in total. The highest BCUT2D eigenvalue weighted by atomic mass is 35.5. The Hall–Kier alpha value is -3.52. The zero-order valence-electron chi connectivity index (χ0n) is 15.4. The van der Waals surface area contributed by atoms with E-state index in [0.29, 0.717) is 18.1 Å². The Morgan fingerprint density at radius 1 is 1.10 bits per heavy atom. The molecule has 3 aromatic rings. The monoisotopic (exact) mass is 416 g/mol. The van der Waals surface area contributed by atoms with E-state index in [4.69, 9.17) is 25.5 Å². The number of ether oxygens (including phenoxy) is 2. The highest BCUT2D eigenvalue weighted by Crippen LogP contribution is 2.27. The van der Waals surface area contributed by atoms with Gasteiger partial charge in [-0.25, -0.2) is 0 Å². The number of benzene rings is 2. The molecule has 29 heavy (non-hydrogen) atoms. The van der Waals surface area contributed by atoms with Gasteiger partial charge in [0.05, 0.1) is 22.2 Å². The molecule has 0 aliphatic carbocycles. The van der Waals surface area contributed by atoms with Gasteiger partial charge in [-0.3, -0.25) is 14.9 Å². The van der Waals surface area contributed by atoms with Crippen molar-refractivity contribution in [1.82, 2.24) is 0 Å². The first-order chi connectivity index (χ1) is 14.0. The maximum Gasteiger partial charge on any atom is 0.291 e. The van der Waals surface area contributed by atoms with Crippen LogP contribution in [0.3, 0.4) is 0 Å². The fourth-order valence-corrected chi connectivity index (χ4v) is 2.60. The van der Waals surface area contributed by atoms with Crippen LogP contribution in [-0.4, -0.2) is 17.4 Å². The quantitative estimate of drug-likeness (QED) is 0.406. The third kappa shape index (κ3) is 5.26. The summed E-state index contributed by atoms with van der Waals surface area (Å²) in [6.07, 6.45) is 0. The maximum atomic E-state index is 12.3. The van der Waals surface area contributed by atoms with E-state index >= 15 is 0 Å². The number of furan rings is 1. The van der Waals surface area contributed by atoms with E-state index in [0.717, 1.165) is 5.75 Å². The van der Waals surface area contributed by atoms with Gasteiger partial charge in [-0.15, -0.1) is 0 Å². The molecule has 0 spiro atoms. The number of carbonyl (C=O) groups is 1. The highest BCUT2D eigenvalue weighted by molar-refractivity contribution is 6.34. The van der Waals surface area contributed by atoms with Gasteiger partial charge in [0.1, 0.15) is 23.9 Å². The number of nitro groups is 1. The Balaban J connectivity index is 1.61. The van der Waals surface area contributed by atoms with Gasteiger partial charge in [-0.1, -0.05) is 11.6 Å². The van der Waals surface area contributed by atoms with Crippen molar-refractivity contribution in [2.45, 2.75) is 13.5 Å². The van der Waals surface area contributed by atoms with Crippen molar-refractivity contribution >= 4 is 28.9 Å². The van der Waals surface area contributed by atoms with E-state index in [9.17, 15) is 14.9 Å². The van der Waals surface area contributed by atoms with Crippen molar-refractivity contribution in [2.24, 2.45) is 0 Å². The summed E-state index contributed by atoms with van der Waals surface area (Å²) in [6.45, 7) is 2.61. The minimum atomic E-state index is -0.584.